The lowest BCUT2D eigenvalue weighted by Crippen LogP contribution is -1.84. The molecule has 0 bridgehead atoms. The molecule has 0 saturated carbocycles. The average molecular weight is 187 g/mol. The Morgan fingerprint density at radius 2 is 1.92 bits per heavy atom. The number of aliphatic hydroxyl groups excluding tert-OH is 1. The molecule has 0 aliphatic rings. The van der Waals surface area contributed by atoms with E-state index in [0.29, 0.717) is 5.02 Å². The van der Waals surface area contributed by atoms with Crippen LogP contribution in [0.2, 0.25) is 5.02 Å². The fraction of sp³-hybridized carbons (Fsp3) is 0.400. The van der Waals surface area contributed by atoms with Gasteiger partial charge in [-0.3, -0.25) is 0 Å². The second-order valence-electron chi connectivity index (χ2n) is 2.25. The summed E-state index contributed by atoms with van der Waals surface area (Å²) in [5.74, 6) is 0. The molecule has 0 radical (unpaired) electrons. The minimum atomic E-state index is 0.0144. The molecule has 1 aromatic carbocycles. The van der Waals surface area contributed by atoms with Crippen molar-refractivity contribution in [3.8, 4) is 0 Å². The van der Waals surface area contributed by atoms with E-state index in [1.54, 1.807) is 6.07 Å². The predicted molar refractivity (Wildman–Crippen MR) is 53.5 cm³/mol. The van der Waals surface area contributed by atoms with E-state index in [1.165, 1.54) is 0 Å². The topological polar surface area (TPSA) is 20.2 Å². The molecule has 0 spiro atoms. The van der Waals surface area contributed by atoms with Gasteiger partial charge in [0.1, 0.15) is 0 Å². The molecule has 0 unspecified atom stereocenters. The average Bonchev–Trinajstić information content (AvgIpc) is 2.13. The zero-order valence-electron chi connectivity index (χ0n) is 7.76. The normalized spacial score (nSPS) is 8.75. The molecule has 0 aliphatic heterocycles. The van der Waals surface area contributed by atoms with Crippen molar-refractivity contribution in [1.29, 1.82) is 0 Å². The van der Waals surface area contributed by atoms with Crippen LogP contribution in [-0.4, -0.2) is 5.11 Å². The number of hydrogen-bond donors (Lipinski definition) is 1. The minimum Gasteiger partial charge on any atom is -0.392 e. The van der Waals surface area contributed by atoms with Crippen molar-refractivity contribution in [2.75, 3.05) is 0 Å². The summed E-state index contributed by atoms with van der Waals surface area (Å²) in [7, 11) is 0. The first-order chi connectivity index (χ1) is 5.74. The van der Waals surface area contributed by atoms with E-state index in [1.807, 2.05) is 32.9 Å². The van der Waals surface area contributed by atoms with Crippen LogP contribution >= 0.6 is 11.6 Å². The minimum absolute atomic E-state index is 0.0144. The molecule has 0 fully saturated rings. The number of rotatable bonds is 1. The zero-order chi connectivity index (χ0) is 9.56. The van der Waals surface area contributed by atoms with Crippen LogP contribution in [0.5, 0.6) is 0 Å². The van der Waals surface area contributed by atoms with Crippen LogP contribution in [0.3, 0.4) is 0 Å². The van der Waals surface area contributed by atoms with Crippen molar-refractivity contribution in [2.24, 2.45) is 0 Å². The number of hydrogen-bond acceptors (Lipinski definition) is 1. The molecule has 0 amide bonds. The molecule has 2 heteroatoms. The van der Waals surface area contributed by atoms with Gasteiger partial charge in [0.2, 0.25) is 0 Å². The van der Waals surface area contributed by atoms with E-state index in [2.05, 4.69) is 0 Å². The Bertz CT molecular complexity index is 233. The summed E-state index contributed by atoms with van der Waals surface area (Å²) in [4.78, 5) is 0. The lowest BCUT2D eigenvalue weighted by molar-refractivity contribution is 0.282. The highest BCUT2D eigenvalue weighted by Crippen LogP contribution is 2.16. The van der Waals surface area contributed by atoms with Gasteiger partial charge >= 0.3 is 0 Å². The maximum Gasteiger partial charge on any atom is 0.0696 e. The standard InChI is InChI=1S/C8H9ClO.C2H6/c1-6-2-3-8(9)7(4-6)5-10;1-2/h2-4,10H,5H2,1H3;1-2H3. The van der Waals surface area contributed by atoms with E-state index in [0.717, 1.165) is 11.1 Å². The molecular formula is C10H15ClO. The van der Waals surface area contributed by atoms with Crippen molar-refractivity contribution in [1.82, 2.24) is 0 Å². The van der Waals surface area contributed by atoms with E-state index < -0.39 is 0 Å². The fourth-order valence-electron chi connectivity index (χ4n) is 0.825. The van der Waals surface area contributed by atoms with Gasteiger partial charge in [0.15, 0.2) is 0 Å². The van der Waals surface area contributed by atoms with Crippen molar-refractivity contribution in [2.45, 2.75) is 27.4 Å². The molecule has 0 aliphatic carbocycles. The highest BCUT2D eigenvalue weighted by Gasteiger charge is 1.96. The second kappa shape index (κ2) is 6.04. The van der Waals surface area contributed by atoms with Gasteiger partial charge < -0.3 is 5.11 Å². The van der Waals surface area contributed by atoms with Crippen molar-refractivity contribution in [3.05, 3.63) is 34.3 Å². The van der Waals surface area contributed by atoms with Crippen LogP contribution in [0.25, 0.3) is 0 Å². The zero-order valence-corrected chi connectivity index (χ0v) is 8.52. The Hall–Kier alpha value is -0.530. The fourth-order valence-corrected chi connectivity index (χ4v) is 1.00. The van der Waals surface area contributed by atoms with Crippen LogP contribution in [0.1, 0.15) is 25.0 Å². The van der Waals surface area contributed by atoms with Crippen LogP contribution in [0, 0.1) is 6.92 Å². The SMILES string of the molecule is CC.Cc1ccc(Cl)c(CO)c1. The van der Waals surface area contributed by atoms with E-state index in [9.17, 15) is 0 Å². The summed E-state index contributed by atoms with van der Waals surface area (Å²) in [6.45, 7) is 5.98. The van der Waals surface area contributed by atoms with Gasteiger partial charge in [-0.2, -0.15) is 0 Å². The van der Waals surface area contributed by atoms with Gasteiger partial charge in [-0.1, -0.05) is 43.1 Å². The number of halogens is 1. The summed E-state index contributed by atoms with van der Waals surface area (Å²) in [6, 6.07) is 5.59. The maximum atomic E-state index is 8.76. The third-order valence-electron chi connectivity index (χ3n) is 1.37. The number of benzene rings is 1. The van der Waals surface area contributed by atoms with Gasteiger partial charge in [-0.05, 0) is 18.6 Å². The van der Waals surface area contributed by atoms with Crippen LogP contribution in [-0.2, 0) is 6.61 Å². The molecule has 0 aromatic heterocycles. The maximum absolute atomic E-state index is 8.76. The Balaban J connectivity index is 0.000000561. The van der Waals surface area contributed by atoms with E-state index in [-0.39, 0.29) is 6.61 Å². The first-order valence-corrected chi connectivity index (χ1v) is 4.47. The lowest BCUT2D eigenvalue weighted by Gasteiger charge is -1.99. The smallest absolute Gasteiger partial charge is 0.0696 e. The van der Waals surface area contributed by atoms with E-state index in [4.69, 9.17) is 16.7 Å². The summed E-state index contributed by atoms with van der Waals surface area (Å²) in [5.41, 5.74) is 1.91. The predicted octanol–water partition coefficient (Wildman–Crippen LogP) is 3.17. The molecule has 1 nitrogen and oxygen atoms in total. The highest BCUT2D eigenvalue weighted by atomic mass is 35.5. The summed E-state index contributed by atoms with van der Waals surface area (Å²) < 4.78 is 0. The molecule has 68 valence electrons. The molecule has 0 heterocycles. The van der Waals surface area contributed by atoms with Crippen LogP contribution in [0.15, 0.2) is 18.2 Å². The molecular weight excluding hydrogens is 172 g/mol. The van der Waals surface area contributed by atoms with E-state index >= 15 is 0 Å². The summed E-state index contributed by atoms with van der Waals surface area (Å²) >= 11 is 5.74. The Labute approximate surface area is 79.0 Å². The second-order valence-corrected chi connectivity index (χ2v) is 2.66. The molecule has 1 N–H and O–H groups in total. The number of aryl methyl sites for hydroxylation is 1. The van der Waals surface area contributed by atoms with Crippen molar-refractivity contribution in [3.63, 3.8) is 0 Å². The van der Waals surface area contributed by atoms with Crippen LogP contribution in [0.4, 0.5) is 0 Å². The van der Waals surface area contributed by atoms with Crippen molar-refractivity contribution < 1.29 is 5.11 Å². The third-order valence-corrected chi connectivity index (χ3v) is 1.74. The Morgan fingerprint density at radius 1 is 1.33 bits per heavy atom. The third kappa shape index (κ3) is 3.24. The molecule has 0 atom stereocenters. The summed E-state index contributed by atoms with van der Waals surface area (Å²) in [5, 5.41) is 9.39. The highest BCUT2D eigenvalue weighted by molar-refractivity contribution is 6.31. The molecule has 0 saturated heterocycles. The van der Waals surface area contributed by atoms with Gasteiger partial charge in [0.25, 0.3) is 0 Å². The quantitative estimate of drug-likeness (QED) is 0.715. The first-order valence-electron chi connectivity index (χ1n) is 4.10. The molecule has 12 heavy (non-hydrogen) atoms. The summed E-state index contributed by atoms with van der Waals surface area (Å²) in [6.07, 6.45) is 0. The Morgan fingerprint density at radius 3 is 2.33 bits per heavy atom. The van der Waals surface area contributed by atoms with Gasteiger partial charge in [-0.25, -0.2) is 0 Å². The van der Waals surface area contributed by atoms with Gasteiger partial charge in [-0.15, -0.1) is 0 Å². The largest absolute Gasteiger partial charge is 0.392 e. The Kier molecular flexibility index (Phi) is 5.77. The number of aliphatic hydroxyl groups is 1. The van der Waals surface area contributed by atoms with Gasteiger partial charge in [0.05, 0.1) is 6.61 Å². The molecule has 1 aromatic rings. The molecule has 1 rings (SSSR count). The monoisotopic (exact) mass is 186 g/mol. The van der Waals surface area contributed by atoms with Gasteiger partial charge in [0, 0.05) is 5.02 Å². The first kappa shape index (κ1) is 11.5. The van der Waals surface area contributed by atoms with Crippen LogP contribution < -0.4 is 0 Å². The lowest BCUT2D eigenvalue weighted by atomic mass is 10.1. The van der Waals surface area contributed by atoms with Crippen molar-refractivity contribution >= 4 is 11.6 Å².